The Balaban J connectivity index is 1.88. The summed E-state index contributed by atoms with van der Waals surface area (Å²) in [4.78, 5) is 7.18. The number of hydrogen-bond acceptors (Lipinski definition) is 5. The van der Waals surface area contributed by atoms with Crippen molar-refractivity contribution < 1.29 is 44.9 Å². The molecular formula is C38H32F7N3O3. The van der Waals surface area contributed by atoms with Gasteiger partial charge in [0.25, 0.3) is 0 Å². The third kappa shape index (κ3) is 7.36. The Bertz CT molecular complexity index is 2150. The van der Waals surface area contributed by atoms with E-state index < -0.39 is 64.3 Å². The summed E-state index contributed by atoms with van der Waals surface area (Å²) in [5, 5.41) is 10.3. The second-order valence-electron chi connectivity index (χ2n) is 12.6. The summed E-state index contributed by atoms with van der Waals surface area (Å²) in [5.74, 6) is -8.04. The van der Waals surface area contributed by atoms with E-state index in [1.807, 2.05) is 13.0 Å². The van der Waals surface area contributed by atoms with Crippen LogP contribution in [0.15, 0.2) is 70.4 Å². The fourth-order valence-electron chi connectivity index (χ4n) is 5.95. The minimum atomic E-state index is -5.08. The van der Waals surface area contributed by atoms with Gasteiger partial charge >= 0.3 is 6.18 Å². The molecule has 0 atom stereocenters. The van der Waals surface area contributed by atoms with Crippen LogP contribution in [0.3, 0.4) is 0 Å². The predicted molar refractivity (Wildman–Crippen MR) is 177 cm³/mol. The molecule has 1 N–H and O–H groups in total. The average Bonchev–Trinajstić information content (AvgIpc) is 3.58. The summed E-state index contributed by atoms with van der Waals surface area (Å²) in [7, 11) is 0. The highest BCUT2D eigenvalue weighted by atomic mass is 19.4. The maximum Gasteiger partial charge on any atom is 0.421 e. The first-order chi connectivity index (χ1) is 23.9. The number of hydrogen-bond donors (Lipinski definition) is 1. The zero-order valence-electron chi connectivity index (χ0n) is 28.5. The fraction of sp³-hybridized carbons (Fsp3) is 0.263. The Morgan fingerprint density at radius 1 is 0.804 bits per heavy atom. The van der Waals surface area contributed by atoms with Crippen LogP contribution in [0.1, 0.15) is 67.1 Å². The highest BCUT2D eigenvalue weighted by molar-refractivity contribution is 6.03. The van der Waals surface area contributed by atoms with Crippen molar-refractivity contribution in [2.45, 2.75) is 60.6 Å². The molecule has 13 heteroatoms. The minimum Gasteiger partial charge on any atom is -0.452 e. The summed E-state index contributed by atoms with van der Waals surface area (Å²) < 4.78 is 120. The molecule has 266 valence electrons. The molecule has 0 fully saturated rings. The van der Waals surface area contributed by atoms with Gasteiger partial charge in [-0.2, -0.15) is 18.4 Å². The van der Waals surface area contributed by atoms with Crippen molar-refractivity contribution in [3.8, 4) is 29.2 Å². The lowest BCUT2D eigenvalue weighted by Gasteiger charge is -2.20. The lowest BCUT2D eigenvalue weighted by Crippen LogP contribution is -2.24. The number of halogens is 7. The van der Waals surface area contributed by atoms with Crippen molar-refractivity contribution in [2.24, 2.45) is 10.9 Å². The number of allylic oxidation sites excluding steroid dienone is 1. The third-order valence-corrected chi connectivity index (χ3v) is 7.96. The van der Waals surface area contributed by atoms with Gasteiger partial charge in [0.1, 0.15) is 40.3 Å². The smallest absolute Gasteiger partial charge is 0.421 e. The molecule has 1 aromatic heterocycles. The molecule has 5 rings (SSSR count). The Morgan fingerprint density at radius 2 is 1.35 bits per heavy atom. The van der Waals surface area contributed by atoms with Gasteiger partial charge in [-0.15, -0.1) is 0 Å². The Hall–Kier alpha value is -5.51. The number of aliphatic imine (C=N–C) groups is 1. The number of aromatic nitrogens is 1. The molecule has 2 heterocycles. The molecule has 1 aliphatic rings. The maximum atomic E-state index is 15.0. The van der Waals surface area contributed by atoms with Gasteiger partial charge in [-0.05, 0) is 68.0 Å². The monoisotopic (exact) mass is 711 g/mol. The first-order valence-electron chi connectivity index (χ1n) is 15.7. The van der Waals surface area contributed by atoms with Gasteiger partial charge in [-0.1, -0.05) is 45.4 Å². The van der Waals surface area contributed by atoms with E-state index in [4.69, 9.17) is 14.2 Å². The number of alkyl halides is 3. The van der Waals surface area contributed by atoms with Gasteiger partial charge in [0.2, 0.25) is 11.8 Å². The highest BCUT2D eigenvalue weighted by Gasteiger charge is 2.47. The standard InChI is InChI=1S/C38H32F7N3O3/c1-17(2)29-24(16-46)36(49-27-10-8-22(39)14-25(27)41)47-32(29)35(51-34-20(6)12-19(5)13-21(34)7)33-30(18(3)4)31(38(43,44)45)37(48-33)50-28-11-9-23(40)15-26(28)42/h8-15,17-18,47H,1-7H3/b35-33+. The van der Waals surface area contributed by atoms with Crippen molar-refractivity contribution in [1.29, 1.82) is 5.26 Å². The molecule has 4 aromatic rings. The lowest BCUT2D eigenvalue weighted by atomic mass is 9.92. The van der Waals surface area contributed by atoms with Crippen LogP contribution in [0.5, 0.6) is 23.1 Å². The quantitative estimate of drug-likeness (QED) is 0.146. The number of H-pyrrole nitrogens is 1. The van der Waals surface area contributed by atoms with Crippen LogP contribution in [-0.4, -0.2) is 17.1 Å². The Kier molecular flexibility index (Phi) is 10.1. The molecule has 0 unspecified atom stereocenters. The number of aryl methyl sites for hydroxylation is 3. The molecule has 51 heavy (non-hydrogen) atoms. The maximum absolute atomic E-state index is 15.0. The van der Waals surface area contributed by atoms with Crippen LogP contribution >= 0.6 is 0 Å². The molecule has 0 bridgehead atoms. The van der Waals surface area contributed by atoms with Crippen molar-refractivity contribution in [3.05, 3.63) is 122 Å². The number of ether oxygens (including phenoxy) is 3. The van der Waals surface area contributed by atoms with E-state index >= 15 is 0 Å². The molecule has 0 spiro atoms. The Morgan fingerprint density at radius 3 is 1.82 bits per heavy atom. The van der Waals surface area contributed by atoms with Gasteiger partial charge in [-0.3, -0.25) is 0 Å². The molecule has 0 radical (unpaired) electrons. The first-order valence-corrected chi connectivity index (χ1v) is 15.7. The second kappa shape index (κ2) is 14.0. The third-order valence-electron chi connectivity index (χ3n) is 7.96. The van der Waals surface area contributed by atoms with E-state index in [1.54, 1.807) is 39.8 Å². The number of benzene rings is 3. The summed E-state index contributed by atoms with van der Waals surface area (Å²) in [6.45, 7) is 11.7. The van der Waals surface area contributed by atoms with Crippen LogP contribution in [0.2, 0.25) is 0 Å². The Labute approximate surface area is 289 Å². The van der Waals surface area contributed by atoms with E-state index in [2.05, 4.69) is 9.98 Å². The molecule has 0 amide bonds. The van der Waals surface area contributed by atoms with E-state index in [9.17, 15) is 36.0 Å². The van der Waals surface area contributed by atoms with Crippen molar-refractivity contribution in [3.63, 3.8) is 0 Å². The van der Waals surface area contributed by atoms with Gasteiger partial charge in [0.05, 0.1) is 5.69 Å². The molecule has 6 nitrogen and oxygen atoms in total. The summed E-state index contributed by atoms with van der Waals surface area (Å²) in [6, 6.07) is 10.3. The van der Waals surface area contributed by atoms with E-state index in [1.165, 1.54) is 13.8 Å². The zero-order chi connectivity index (χ0) is 37.5. The number of nitrogens with zero attached hydrogens (tertiary/aromatic N) is 2. The van der Waals surface area contributed by atoms with Gasteiger partial charge in [0, 0.05) is 23.3 Å². The molecule has 3 aromatic carbocycles. The van der Waals surface area contributed by atoms with Crippen LogP contribution < -0.4 is 14.2 Å². The van der Waals surface area contributed by atoms with Crippen molar-refractivity contribution in [2.75, 3.05) is 0 Å². The number of aromatic amines is 1. The van der Waals surface area contributed by atoms with E-state index in [-0.39, 0.29) is 45.5 Å². The first kappa shape index (κ1) is 36.8. The van der Waals surface area contributed by atoms with Gasteiger partial charge in [0.15, 0.2) is 28.9 Å². The van der Waals surface area contributed by atoms with Crippen molar-refractivity contribution in [1.82, 2.24) is 4.98 Å². The number of rotatable bonds is 8. The average molecular weight is 712 g/mol. The lowest BCUT2D eigenvalue weighted by molar-refractivity contribution is -0.0878. The SMILES string of the molecule is Cc1cc(C)c(O/C(=C2/N=C(Oc3ccc(F)cc3F)C(C(F)(F)F)=C2C(C)C)c2[nH]c(Oc3ccc(F)cc3F)c(C#N)c2C(C)C)c(C)c1. The van der Waals surface area contributed by atoms with E-state index in [0.717, 1.165) is 29.8 Å². The van der Waals surface area contributed by atoms with Crippen LogP contribution in [0, 0.1) is 61.3 Å². The van der Waals surface area contributed by atoms with Crippen LogP contribution in [0.4, 0.5) is 30.7 Å². The van der Waals surface area contributed by atoms with Crippen LogP contribution in [-0.2, 0) is 0 Å². The van der Waals surface area contributed by atoms with Gasteiger partial charge < -0.3 is 19.2 Å². The fourth-order valence-corrected chi connectivity index (χ4v) is 5.95. The molecular weight excluding hydrogens is 679 g/mol. The highest BCUT2D eigenvalue weighted by Crippen LogP contribution is 2.47. The summed E-state index contributed by atoms with van der Waals surface area (Å²) >= 11 is 0. The number of nitrogens with one attached hydrogen (secondary N) is 1. The second-order valence-corrected chi connectivity index (χ2v) is 12.6. The predicted octanol–water partition coefficient (Wildman–Crippen LogP) is 11.0. The topological polar surface area (TPSA) is 79.6 Å². The largest absolute Gasteiger partial charge is 0.452 e. The van der Waals surface area contributed by atoms with Crippen LogP contribution in [0.25, 0.3) is 5.76 Å². The minimum absolute atomic E-state index is 0.0221. The normalized spacial score (nSPS) is 14.3. The van der Waals surface area contributed by atoms with Crippen molar-refractivity contribution >= 4 is 11.7 Å². The van der Waals surface area contributed by atoms with E-state index in [0.29, 0.717) is 23.3 Å². The molecule has 0 saturated carbocycles. The molecule has 1 aliphatic heterocycles. The molecule has 0 aliphatic carbocycles. The zero-order valence-corrected chi connectivity index (χ0v) is 28.5. The van der Waals surface area contributed by atoms with Gasteiger partial charge in [-0.25, -0.2) is 22.6 Å². The summed E-state index contributed by atoms with van der Waals surface area (Å²) in [5.41, 5.74) is 0.137. The summed E-state index contributed by atoms with van der Waals surface area (Å²) in [6.07, 6.45) is -5.08. The molecule has 0 saturated heterocycles. The number of nitriles is 1.